The fourth-order valence-corrected chi connectivity index (χ4v) is 3.60. The molecule has 0 saturated carbocycles. The van der Waals surface area contributed by atoms with E-state index in [2.05, 4.69) is 26.3 Å². The minimum Gasteiger partial charge on any atom is -0.480 e. The average molecular weight is 406 g/mol. The van der Waals surface area contributed by atoms with E-state index in [1.165, 1.54) is 6.26 Å². The number of Topliss-reactive ketones (excluding diaryl/α,β-unsaturated/α-hetero) is 1. The third-order valence-electron chi connectivity index (χ3n) is 5.21. The lowest BCUT2D eigenvalue weighted by Crippen LogP contribution is -2.30. The van der Waals surface area contributed by atoms with Crippen LogP contribution >= 0.6 is 0 Å². The molecular formula is C23H26N4O3. The van der Waals surface area contributed by atoms with Crippen molar-refractivity contribution in [3.63, 3.8) is 0 Å². The molecule has 0 aliphatic carbocycles. The maximum Gasteiger partial charge on any atom is 0.228 e. The summed E-state index contributed by atoms with van der Waals surface area (Å²) in [5.74, 6) is 1.64. The molecule has 0 bridgehead atoms. The number of methoxy groups -OCH3 is 1. The minimum atomic E-state index is -0.492. The number of ether oxygens (including phenoxy) is 2. The van der Waals surface area contributed by atoms with E-state index in [-0.39, 0.29) is 5.78 Å². The number of aromatic amines is 1. The molecule has 3 aromatic rings. The zero-order chi connectivity index (χ0) is 20.8. The molecule has 4 rings (SSSR count). The van der Waals surface area contributed by atoms with E-state index >= 15 is 0 Å². The molecule has 2 aromatic heterocycles. The fraction of sp³-hybridized carbons (Fsp3) is 0.348. The number of unbranched alkanes of at least 4 members (excludes halogenated alkanes) is 3. The van der Waals surface area contributed by atoms with Crippen molar-refractivity contribution in [1.82, 2.24) is 20.3 Å². The zero-order valence-electron chi connectivity index (χ0n) is 17.1. The molecule has 0 radical (unpaired) electrons. The van der Waals surface area contributed by atoms with Gasteiger partial charge in [0.25, 0.3) is 0 Å². The second-order valence-corrected chi connectivity index (χ2v) is 7.35. The number of imidazole rings is 1. The molecule has 3 heterocycles. The number of pyridine rings is 1. The Labute approximate surface area is 175 Å². The number of ketones is 1. The van der Waals surface area contributed by atoms with Crippen molar-refractivity contribution < 1.29 is 14.3 Å². The Balaban J connectivity index is 1.27. The number of para-hydroxylation sites is 1. The quantitative estimate of drug-likeness (QED) is 0.493. The van der Waals surface area contributed by atoms with Crippen molar-refractivity contribution in [1.29, 1.82) is 0 Å². The van der Waals surface area contributed by atoms with E-state index in [0.29, 0.717) is 12.3 Å². The maximum atomic E-state index is 11.9. The van der Waals surface area contributed by atoms with E-state index in [1.54, 1.807) is 13.3 Å². The number of aryl methyl sites for hydroxylation is 1. The molecule has 0 fully saturated rings. The Bertz CT molecular complexity index is 1040. The van der Waals surface area contributed by atoms with Crippen LogP contribution in [0.15, 0.2) is 49.0 Å². The van der Waals surface area contributed by atoms with E-state index < -0.39 is 6.23 Å². The van der Waals surface area contributed by atoms with Gasteiger partial charge < -0.3 is 19.8 Å². The highest BCUT2D eigenvalue weighted by molar-refractivity contribution is 5.85. The molecular weight excluding hydrogens is 380 g/mol. The van der Waals surface area contributed by atoms with Gasteiger partial charge in [0.15, 0.2) is 5.78 Å². The van der Waals surface area contributed by atoms with Crippen molar-refractivity contribution in [2.45, 2.75) is 44.8 Å². The summed E-state index contributed by atoms with van der Waals surface area (Å²) in [5.41, 5.74) is 2.72. The fourth-order valence-electron chi connectivity index (χ4n) is 3.60. The van der Waals surface area contributed by atoms with Gasteiger partial charge in [0, 0.05) is 24.4 Å². The number of nitrogens with one attached hydrogen (secondary N) is 2. The highest BCUT2D eigenvalue weighted by Gasteiger charge is 2.19. The monoisotopic (exact) mass is 406 g/mol. The first-order valence-electron chi connectivity index (χ1n) is 10.3. The summed E-state index contributed by atoms with van der Waals surface area (Å²) in [6.07, 6.45) is 9.90. The lowest BCUT2D eigenvalue weighted by atomic mass is 10.1. The summed E-state index contributed by atoms with van der Waals surface area (Å²) >= 11 is 0. The maximum absolute atomic E-state index is 11.9. The Morgan fingerprint density at radius 1 is 1.20 bits per heavy atom. The van der Waals surface area contributed by atoms with Gasteiger partial charge in [0.2, 0.25) is 12.1 Å². The molecule has 156 valence electrons. The molecule has 1 unspecified atom stereocenters. The third kappa shape index (κ3) is 4.62. The molecule has 7 heteroatoms. The van der Waals surface area contributed by atoms with Crippen LogP contribution in [-0.4, -0.2) is 34.1 Å². The predicted molar refractivity (Wildman–Crippen MR) is 115 cm³/mol. The second kappa shape index (κ2) is 9.43. The number of hydrogen-bond donors (Lipinski definition) is 2. The number of rotatable bonds is 10. The van der Waals surface area contributed by atoms with Gasteiger partial charge in [-0.3, -0.25) is 4.79 Å². The highest BCUT2D eigenvalue weighted by Crippen LogP contribution is 2.30. The smallest absolute Gasteiger partial charge is 0.228 e. The Morgan fingerprint density at radius 3 is 2.90 bits per heavy atom. The normalized spacial score (nSPS) is 15.2. The molecule has 1 aromatic carbocycles. The molecule has 1 atom stereocenters. The molecule has 0 amide bonds. The predicted octanol–water partition coefficient (Wildman–Crippen LogP) is 4.11. The van der Waals surface area contributed by atoms with E-state index in [0.717, 1.165) is 60.1 Å². The van der Waals surface area contributed by atoms with Crippen LogP contribution in [0.3, 0.4) is 0 Å². The lowest BCUT2D eigenvalue weighted by molar-refractivity contribution is -0.127. The molecule has 0 spiro atoms. The van der Waals surface area contributed by atoms with Gasteiger partial charge in [-0.05, 0) is 25.0 Å². The van der Waals surface area contributed by atoms with Crippen LogP contribution in [0.2, 0.25) is 0 Å². The number of carbonyl (C=O) groups excluding carboxylic acids is 1. The van der Waals surface area contributed by atoms with Crippen LogP contribution in [0.5, 0.6) is 5.88 Å². The summed E-state index contributed by atoms with van der Waals surface area (Å²) in [5, 5.41) is 3.95. The van der Waals surface area contributed by atoms with Crippen molar-refractivity contribution in [2.75, 3.05) is 7.11 Å². The van der Waals surface area contributed by atoms with E-state index in [4.69, 9.17) is 9.47 Å². The van der Waals surface area contributed by atoms with Crippen LogP contribution in [0.25, 0.3) is 22.2 Å². The summed E-state index contributed by atoms with van der Waals surface area (Å²) in [6.45, 7) is 0. The SMILES string of the molecule is COc1nc2ccccc2cc1-c1cnc(CCCCCCC(=O)C2NC=CO2)[nH]1. The lowest BCUT2D eigenvalue weighted by Gasteiger charge is -2.09. The van der Waals surface area contributed by atoms with Gasteiger partial charge in [-0.25, -0.2) is 9.97 Å². The molecule has 0 saturated heterocycles. The van der Waals surface area contributed by atoms with Gasteiger partial charge in [0.1, 0.15) is 12.1 Å². The molecule has 30 heavy (non-hydrogen) atoms. The summed E-state index contributed by atoms with van der Waals surface area (Å²) in [6, 6.07) is 10.1. The van der Waals surface area contributed by atoms with Crippen LogP contribution in [0, 0.1) is 0 Å². The number of fused-ring (bicyclic) bond motifs is 1. The van der Waals surface area contributed by atoms with Gasteiger partial charge in [-0.1, -0.05) is 31.0 Å². The topological polar surface area (TPSA) is 89.1 Å². The van der Waals surface area contributed by atoms with E-state index in [9.17, 15) is 4.79 Å². The van der Waals surface area contributed by atoms with Crippen LogP contribution in [-0.2, 0) is 16.0 Å². The van der Waals surface area contributed by atoms with Crippen molar-refractivity contribution in [3.8, 4) is 17.1 Å². The third-order valence-corrected chi connectivity index (χ3v) is 5.21. The summed E-state index contributed by atoms with van der Waals surface area (Å²) < 4.78 is 10.7. The molecule has 1 aliphatic heterocycles. The molecule has 1 aliphatic rings. The van der Waals surface area contributed by atoms with Crippen molar-refractivity contribution in [2.24, 2.45) is 0 Å². The first kappa shape index (κ1) is 19.9. The summed E-state index contributed by atoms with van der Waals surface area (Å²) in [7, 11) is 1.63. The Morgan fingerprint density at radius 2 is 2.07 bits per heavy atom. The summed E-state index contributed by atoms with van der Waals surface area (Å²) in [4.78, 5) is 24.4. The number of carbonyl (C=O) groups is 1. The van der Waals surface area contributed by atoms with Crippen LogP contribution < -0.4 is 10.1 Å². The number of aromatic nitrogens is 3. The molecule has 2 N–H and O–H groups in total. The number of benzene rings is 1. The Hall–Kier alpha value is -3.35. The Kier molecular flexibility index (Phi) is 6.27. The number of H-pyrrole nitrogens is 1. The van der Waals surface area contributed by atoms with Crippen LogP contribution in [0.4, 0.5) is 0 Å². The first-order valence-corrected chi connectivity index (χ1v) is 10.3. The van der Waals surface area contributed by atoms with E-state index in [1.807, 2.05) is 30.5 Å². The number of hydrogen-bond acceptors (Lipinski definition) is 6. The average Bonchev–Trinajstić information content (AvgIpc) is 3.47. The van der Waals surface area contributed by atoms with Crippen molar-refractivity contribution in [3.05, 3.63) is 54.8 Å². The van der Waals surface area contributed by atoms with Crippen molar-refractivity contribution >= 4 is 16.7 Å². The van der Waals surface area contributed by atoms with Crippen LogP contribution in [0.1, 0.15) is 37.9 Å². The highest BCUT2D eigenvalue weighted by atomic mass is 16.5. The zero-order valence-corrected chi connectivity index (χ0v) is 17.1. The van der Waals surface area contributed by atoms with Gasteiger partial charge in [0.05, 0.1) is 30.1 Å². The van der Waals surface area contributed by atoms with Gasteiger partial charge in [-0.2, -0.15) is 0 Å². The number of nitrogens with zero attached hydrogens (tertiary/aromatic N) is 2. The standard InChI is InChI=1S/C23H26N4O3/c1-29-22-17(14-16-8-6-7-9-18(16)27-22)19-15-25-21(26-19)11-5-3-2-4-10-20(28)23-24-12-13-30-23/h6-9,12-15,23-24H,2-5,10-11H2,1H3,(H,25,26). The largest absolute Gasteiger partial charge is 0.480 e. The van der Waals surface area contributed by atoms with Gasteiger partial charge >= 0.3 is 0 Å². The van der Waals surface area contributed by atoms with Gasteiger partial charge in [-0.15, -0.1) is 0 Å². The first-order chi connectivity index (χ1) is 14.7. The second-order valence-electron chi connectivity index (χ2n) is 7.35. The molecule has 7 nitrogen and oxygen atoms in total. The minimum absolute atomic E-state index is 0.105.